The van der Waals surface area contributed by atoms with Gasteiger partial charge in [0.15, 0.2) is 5.65 Å². The zero-order valence-corrected chi connectivity index (χ0v) is 17.8. The van der Waals surface area contributed by atoms with Crippen molar-refractivity contribution in [3.63, 3.8) is 0 Å². The molecule has 1 amide bonds. The highest BCUT2D eigenvalue weighted by Crippen LogP contribution is 2.29. The lowest BCUT2D eigenvalue weighted by molar-refractivity contribution is -0.131. The lowest BCUT2D eigenvalue weighted by Gasteiger charge is -2.17. The largest absolute Gasteiger partial charge is 0.340 e. The van der Waals surface area contributed by atoms with Crippen LogP contribution in [0.15, 0.2) is 48.8 Å². The summed E-state index contributed by atoms with van der Waals surface area (Å²) in [6, 6.07) is 12.2. The number of amides is 1. The fraction of sp³-hybridized carbons (Fsp3) is 0.304. The van der Waals surface area contributed by atoms with E-state index in [1.807, 2.05) is 56.0 Å². The van der Waals surface area contributed by atoms with E-state index < -0.39 is 0 Å². The number of fused-ring (bicyclic) bond motifs is 1. The van der Waals surface area contributed by atoms with Crippen molar-refractivity contribution in [3.05, 3.63) is 65.7 Å². The number of rotatable bonds is 6. The standard InChI is InChI=1S/C23H26N6O/c1-5-28-17(3)19(13-25-28)14-27(4)21(30)15-29-23-22(16(2)26-29)20(11-12-24-23)18-9-7-6-8-10-18/h6-13H,5,14-15H2,1-4H3. The maximum Gasteiger partial charge on any atom is 0.244 e. The fourth-order valence-electron chi connectivity index (χ4n) is 3.80. The molecule has 0 fully saturated rings. The number of nitrogens with zero attached hydrogens (tertiary/aromatic N) is 6. The highest BCUT2D eigenvalue weighted by Gasteiger charge is 2.18. The van der Waals surface area contributed by atoms with Crippen molar-refractivity contribution >= 4 is 16.9 Å². The predicted octanol–water partition coefficient (Wildman–Crippen LogP) is 3.59. The first-order valence-electron chi connectivity index (χ1n) is 10.1. The molecule has 0 atom stereocenters. The summed E-state index contributed by atoms with van der Waals surface area (Å²) in [7, 11) is 1.81. The van der Waals surface area contributed by atoms with Gasteiger partial charge in [0.25, 0.3) is 0 Å². The van der Waals surface area contributed by atoms with Crippen LogP contribution in [-0.4, -0.2) is 42.4 Å². The van der Waals surface area contributed by atoms with Gasteiger partial charge in [0.2, 0.25) is 5.91 Å². The van der Waals surface area contributed by atoms with Crippen LogP contribution in [0.5, 0.6) is 0 Å². The van der Waals surface area contributed by atoms with Crippen molar-refractivity contribution in [3.8, 4) is 11.1 Å². The van der Waals surface area contributed by atoms with E-state index in [1.54, 1.807) is 15.8 Å². The van der Waals surface area contributed by atoms with Gasteiger partial charge in [0, 0.05) is 43.0 Å². The number of aryl methyl sites for hydroxylation is 2. The lowest BCUT2D eigenvalue weighted by atomic mass is 10.0. The first-order chi connectivity index (χ1) is 14.5. The van der Waals surface area contributed by atoms with Crippen LogP contribution in [0.4, 0.5) is 0 Å². The third-order valence-electron chi connectivity index (χ3n) is 5.52. The molecule has 1 aromatic carbocycles. The minimum atomic E-state index is -0.0186. The van der Waals surface area contributed by atoms with E-state index in [4.69, 9.17) is 0 Å². The van der Waals surface area contributed by atoms with Gasteiger partial charge in [-0.3, -0.25) is 9.48 Å². The summed E-state index contributed by atoms with van der Waals surface area (Å²) in [4.78, 5) is 19.2. The number of hydrogen-bond acceptors (Lipinski definition) is 4. The van der Waals surface area contributed by atoms with Crippen molar-refractivity contribution in [2.75, 3.05) is 7.05 Å². The molecule has 4 aromatic rings. The van der Waals surface area contributed by atoms with E-state index in [9.17, 15) is 4.79 Å². The average molecular weight is 403 g/mol. The topological polar surface area (TPSA) is 68.8 Å². The molecule has 7 nitrogen and oxygen atoms in total. The molecule has 0 aliphatic rings. The van der Waals surface area contributed by atoms with Gasteiger partial charge < -0.3 is 4.90 Å². The Morgan fingerprint density at radius 2 is 1.87 bits per heavy atom. The Morgan fingerprint density at radius 3 is 2.57 bits per heavy atom. The molecule has 0 saturated carbocycles. The molecule has 154 valence electrons. The lowest BCUT2D eigenvalue weighted by Crippen LogP contribution is -2.30. The summed E-state index contributed by atoms with van der Waals surface area (Å²) in [6.07, 6.45) is 3.61. The minimum Gasteiger partial charge on any atom is -0.340 e. The summed E-state index contributed by atoms with van der Waals surface area (Å²) in [6.45, 7) is 7.53. The van der Waals surface area contributed by atoms with Crippen LogP contribution in [0, 0.1) is 13.8 Å². The molecule has 0 aliphatic heterocycles. The number of carbonyl (C=O) groups is 1. The summed E-state index contributed by atoms with van der Waals surface area (Å²) >= 11 is 0. The summed E-state index contributed by atoms with van der Waals surface area (Å²) in [5.74, 6) is -0.0186. The molecule has 0 N–H and O–H groups in total. The third-order valence-corrected chi connectivity index (χ3v) is 5.52. The van der Waals surface area contributed by atoms with Crippen molar-refractivity contribution < 1.29 is 4.79 Å². The van der Waals surface area contributed by atoms with Gasteiger partial charge in [-0.25, -0.2) is 9.67 Å². The maximum atomic E-state index is 12.9. The Hall–Kier alpha value is -3.48. The number of pyridine rings is 1. The van der Waals surface area contributed by atoms with Gasteiger partial charge in [-0.1, -0.05) is 30.3 Å². The Morgan fingerprint density at radius 1 is 1.10 bits per heavy atom. The van der Waals surface area contributed by atoms with E-state index >= 15 is 0 Å². The Kier molecular flexibility index (Phi) is 5.35. The second-order valence-electron chi connectivity index (χ2n) is 7.49. The second-order valence-corrected chi connectivity index (χ2v) is 7.49. The predicted molar refractivity (Wildman–Crippen MR) is 117 cm³/mol. The Labute approximate surface area is 176 Å². The molecule has 4 rings (SSSR count). The first kappa shape index (κ1) is 19.8. The van der Waals surface area contributed by atoms with E-state index in [0.717, 1.165) is 45.7 Å². The third kappa shape index (κ3) is 3.58. The van der Waals surface area contributed by atoms with Gasteiger partial charge in [0.1, 0.15) is 6.54 Å². The highest BCUT2D eigenvalue weighted by atomic mass is 16.2. The molecule has 3 heterocycles. The normalized spacial score (nSPS) is 11.2. The quantitative estimate of drug-likeness (QED) is 0.494. The number of aromatic nitrogens is 5. The van der Waals surface area contributed by atoms with Gasteiger partial charge in [-0.15, -0.1) is 0 Å². The van der Waals surface area contributed by atoms with E-state index in [-0.39, 0.29) is 12.5 Å². The second kappa shape index (κ2) is 8.10. The van der Waals surface area contributed by atoms with Crippen LogP contribution in [0.3, 0.4) is 0 Å². The van der Waals surface area contributed by atoms with Crippen LogP contribution < -0.4 is 0 Å². The smallest absolute Gasteiger partial charge is 0.244 e. The molecule has 0 aliphatic carbocycles. The average Bonchev–Trinajstić information content (AvgIpc) is 3.28. The van der Waals surface area contributed by atoms with Crippen molar-refractivity contribution in [2.24, 2.45) is 0 Å². The molecule has 0 bridgehead atoms. The molecule has 30 heavy (non-hydrogen) atoms. The first-order valence-corrected chi connectivity index (χ1v) is 10.1. The van der Waals surface area contributed by atoms with Crippen molar-refractivity contribution in [1.29, 1.82) is 0 Å². The molecule has 0 saturated heterocycles. The van der Waals surface area contributed by atoms with E-state index in [2.05, 4.69) is 34.2 Å². The van der Waals surface area contributed by atoms with Crippen LogP contribution in [0.2, 0.25) is 0 Å². The maximum absolute atomic E-state index is 12.9. The molecule has 3 aromatic heterocycles. The minimum absolute atomic E-state index is 0.0186. The summed E-state index contributed by atoms with van der Waals surface area (Å²) in [5, 5.41) is 9.98. The van der Waals surface area contributed by atoms with Crippen LogP contribution in [0.1, 0.15) is 23.9 Å². The van der Waals surface area contributed by atoms with Gasteiger partial charge in [-0.2, -0.15) is 10.2 Å². The van der Waals surface area contributed by atoms with Gasteiger partial charge in [0.05, 0.1) is 11.9 Å². The van der Waals surface area contributed by atoms with Crippen LogP contribution >= 0.6 is 0 Å². The molecule has 0 radical (unpaired) electrons. The fourth-order valence-corrected chi connectivity index (χ4v) is 3.80. The molecule has 7 heteroatoms. The van der Waals surface area contributed by atoms with E-state index in [0.29, 0.717) is 6.54 Å². The van der Waals surface area contributed by atoms with Crippen molar-refractivity contribution in [2.45, 2.75) is 40.4 Å². The molecule has 0 spiro atoms. The Balaban J connectivity index is 1.59. The summed E-state index contributed by atoms with van der Waals surface area (Å²) in [5.41, 5.74) is 5.93. The highest BCUT2D eigenvalue weighted by molar-refractivity contribution is 5.95. The van der Waals surface area contributed by atoms with Gasteiger partial charge in [-0.05, 0) is 38.0 Å². The number of benzene rings is 1. The Bertz CT molecular complexity index is 1190. The SMILES string of the molecule is CCn1ncc(CN(C)C(=O)Cn2nc(C)c3c(-c4ccccc4)ccnc32)c1C. The number of likely N-dealkylation sites (N-methyl/N-ethyl adjacent to an activating group) is 1. The van der Waals surface area contributed by atoms with Crippen molar-refractivity contribution in [1.82, 2.24) is 29.4 Å². The summed E-state index contributed by atoms with van der Waals surface area (Å²) < 4.78 is 3.64. The number of carbonyl (C=O) groups excluding carboxylic acids is 1. The van der Waals surface area contributed by atoms with Crippen LogP contribution in [0.25, 0.3) is 22.2 Å². The molecular formula is C23H26N6O. The van der Waals surface area contributed by atoms with Gasteiger partial charge >= 0.3 is 0 Å². The zero-order valence-electron chi connectivity index (χ0n) is 17.8. The number of hydrogen-bond donors (Lipinski definition) is 0. The molecule has 0 unspecified atom stereocenters. The molecular weight excluding hydrogens is 376 g/mol. The monoisotopic (exact) mass is 402 g/mol. The van der Waals surface area contributed by atoms with Crippen LogP contribution in [-0.2, 0) is 24.4 Å². The zero-order chi connectivity index (χ0) is 21.3. The van der Waals surface area contributed by atoms with E-state index in [1.165, 1.54) is 0 Å².